The third kappa shape index (κ3) is 4.58. The van der Waals surface area contributed by atoms with Crippen molar-refractivity contribution in [1.82, 2.24) is 14.9 Å². The van der Waals surface area contributed by atoms with Gasteiger partial charge in [-0.1, -0.05) is 30.3 Å². The number of hydrogen-bond acceptors (Lipinski definition) is 6. The Kier molecular flexibility index (Phi) is 5.87. The molecule has 0 N–H and O–H groups in total. The zero-order chi connectivity index (χ0) is 18.5. The lowest BCUT2D eigenvalue weighted by molar-refractivity contribution is 0.0330. The lowest BCUT2D eigenvalue weighted by atomic mass is 10.2. The van der Waals surface area contributed by atoms with Gasteiger partial charge in [-0.15, -0.1) is 11.8 Å². The summed E-state index contributed by atoms with van der Waals surface area (Å²) in [6.07, 6.45) is 0. The monoisotopic (exact) mass is 381 g/mol. The van der Waals surface area contributed by atoms with Crippen molar-refractivity contribution in [1.29, 1.82) is 0 Å². The van der Waals surface area contributed by atoms with E-state index in [9.17, 15) is 0 Å². The minimum Gasteiger partial charge on any atom is -0.497 e. The van der Waals surface area contributed by atoms with Crippen LogP contribution in [0.15, 0.2) is 53.6 Å². The van der Waals surface area contributed by atoms with Crippen molar-refractivity contribution >= 4 is 22.7 Å². The average Bonchev–Trinajstić information content (AvgIpc) is 2.73. The van der Waals surface area contributed by atoms with Gasteiger partial charge < -0.3 is 9.47 Å². The third-order valence-electron chi connectivity index (χ3n) is 4.59. The van der Waals surface area contributed by atoms with Crippen LogP contribution in [0.3, 0.4) is 0 Å². The molecule has 0 amide bonds. The molecule has 3 aromatic rings. The van der Waals surface area contributed by atoms with Gasteiger partial charge >= 0.3 is 0 Å². The fraction of sp³-hybridized carbons (Fsp3) is 0.333. The van der Waals surface area contributed by atoms with Crippen LogP contribution in [0, 0.1) is 0 Å². The number of benzene rings is 2. The van der Waals surface area contributed by atoms with E-state index < -0.39 is 0 Å². The molecule has 0 spiro atoms. The average molecular weight is 382 g/mol. The molecule has 1 aliphatic heterocycles. The number of hydrogen-bond donors (Lipinski definition) is 0. The quantitative estimate of drug-likeness (QED) is 0.479. The van der Waals surface area contributed by atoms with Crippen LogP contribution in [0.2, 0.25) is 0 Å². The summed E-state index contributed by atoms with van der Waals surface area (Å²) in [7, 11) is 1.70. The Morgan fingerprint density at radius 2 is 1.93 bits per heavy atom. The maximum Gasteiger partial charge on any atom is 0.144 e. The van der Waals surface area contributed by atoms with Crippen LogP contribution in [-0.2, 0) is 17.0 Å². The molecular formula is C21H23N3O2S. The van der Waals surface area contributed by atoms with Crippen LogP contribution in [0.1, 0.15) is 11.4 Å². The standard InChI is InChI=1S/C21H23N3O2S/c1-25-17-6-4-5-16(13-17)15-27-21-18-7-2-3-8-19(18)22-20(23-21)14-24-9-11-26-12-10-24/h2-8,13H,9-12,14-15H2,1H3. The zero-order valence-corrected chi connectivity index (χ0v) is 16.2. The summed E-state index contributed by atoms with van der Waals surface area (Å²) in [5, 5.41) is 2.14. The maximum atomic E-state index is 5.44. The van der Waals surface area contributed by atoms with Gasteiger partial charge in [0.15, 0.2) is 0 Å². The summed E-state index contributed by atoms with van der Waals surface area (Å²) in [4.78, 5) is 12.0. The van der Waals surface area contributed by atoms with Crippen molar-refractivity contribution < 1.29 is 9.47 Å². The van der Waals surface area contributed by atoms with Crippen LogP contribution in [-0.4, -0.2) is 48.3 Å². The second-order valence-corrected chi connectivity index (χ2v) is 7.45. The second-order valence-electron chi connectivity index (χ2n) is 6.49. The van der Waals surface area contributed by atoms with Gasteiger partial charge in [-0.05, 0) is 23.8 Å². The van der Waals surface area contributed by atoms with Gasteiger partial charge in [0.25, 0.3) is 0 Å². The molecule has 0 bridgehead atoms. The molecule has 27 heavy (non-hydrogen) atoms. The van der Waals surface area contributed by atoms with Crippen LogP contribution >= 0.6 is 11.8 Å². The molecule has 0 atom stereocenters. The number of rotatable bonds is 6. The largest absolute Gasteiger partial charge is 0.497 e. The molecular weight excluding hydrogens is 358 g/mol. The summed E-state index contributed by atoms with van der Waals surface area (Å²) in [5.41, 5.74) is 2.22. The Morgan fingerprint density at radius 3 is 2.78 bits per heavy atom. The van der Waals surface area contributed by atoms with E-state index in [0.29, 0.717) is 0 Å². The van der Waals surface area contributed by atoms with E-state index >= 15 is 0 Å². The summed E-state index contributed by atoms with van der Waals surface area (Å²) in [6.45, 7) is 4.20. The molecule has 4 rings (SSSR count). The molecule has 6 heteroatoms. The number of para-hydroxylation sites is 1. The molecule has 1 fully saturated rings. The van der Waals surface area contributed by atoms with Crippen LogP contribution in [0.5, 0.6) is 5.75 Å². The van der Waals surface area contributed by atoms with Crippen LogP contribution < -0.4 is 4.74 Å². The van der Waals surface area contributed by atoms with E-state index in [-0.39, 0.29) is 0 Å². The Morgan fingerprint density at radius 1 is 1.07 bits per heavy atom. The molecule has 0 unspecified atom stereocenters. The molecule has 0 saturated carbocycles. The lowest BCUT2D eigenvalue weighted by Gasteiger charge is -2.25. The van der Waals surface area contributed by atoms with E-state index in [1.54, 1.807) is 18.9 Å². The van der Waals surface area contributed by atoms with Gasteiger partial charge in [0.2, 0.25) is 0 Å². The van der Waals surface area contributed by atoms with E-state index in [0.717, 1.165) is 66.1 Å². The maximum absolute atomic E-state index is 5.44. The highest BCUT2D eigenvalue weighted by Gasteiger charge is 2.14. The fourth-order valence-electron chi connectivity index (χ4n) is 3.15. The summed E-state index contributed by atoms with van der Waals surface area (Å²) in [6, 6.07) is 16.4. The van der Waals surface area contributed by atoms with Gasteiger partial charge in [0, 0.05) is 24.2 Å². The first kappa shape index (κ1) is 18.2. The van der Waals surface area contributed by atoms with Crippen LogP contribution in [0.4, 0.5) is 0 Å². The molecule has 2 heterocycles. The number of methoxy groups -OCH3 is 1. The number of nitrogens with zero attached hydrogens (tertiary/aromatic N) is 3. The number of ether oxygens (including phenoxy) is 2. The Balaban J connectivity index is 1.57. The number of thioether (sulfide) groups is 1. The molecule has 1 aliphatic rings. The first-order valence-electron chi connectivity index (χ1n) is 9.13. The molecule has 2 aromatic carbocycles. The van der Waals surface area contributed by atoms with Gasteiger partial charge in [-0.2, -0.15) is 0 Å². The predicted molar refractivity (Wildman–Crippen MR) is 108 cm³/mol. The number of morpholine rings is 1. The Bertz CT molecular complexity index is 913. The van der Waals surface area contributed by atoms with Crippen molar-refractivity contribution in [2.45, 2.75) is 17.3 Å². The van der Waals surface area contributed by atoms with Gasteiger partial charge in [0.05, 0.1) is 32.4 Å². The molecule has 0 aliphatic carbocycles. The lowest BCUT2D eigenvalue weighted by Crippen LogP contribution is -2.36. The van der Waals surface area contributed by atoms with Crippen molar-refractivity contribution in [2.24, 2.45) is 0 Å². The smallest absolute Gasteiger partial charge is 0.144 e. The van der Waals surface area contributed by atoms with Crippen molar-refractivity contribution in [3.8, 4) is 5.75 Å². The van der Waals surface area contributed by atoms with Crippen molar-refractivity contribution in [2.75, 3.05) is 33.4 Å². The fourth-order valence-corrected chi connectivity index (χ4v) is 4.13. The number of aromatic nitrogens is 2. The highest BCUT2D eigenvalue weighted by atomic mass is 32.2. The normalized spacial score (nSPS) is 15.1. The van der Waals surface area contributed by atoms with Crippen LogP contribution in [0.25, 0.3) is 10.9 Å². The first-order chi connectivity index (χ1) is 13.3. The van der Waals surface area contributed by atoms with Gasteiger partial charge in [-0.3, -0.25) is 4.90 Å². The summed E-state index contributed by atoms with van der Waals surface area (Å²) < 4.78 is 10.8. The highest BCUT2D eigenvalue weighted by Crippen LogP contribution is 2.29. The molecule has 1 saturated heterocycles. The van der Waals surface area contributed by atoms with E-state index in [1.165, 1.54) is 5.56 Å². The molecule has 140 valence electrons. The van der Waals surface area contributed by atoms with E-state index in [1.807, 2.05) is 24.3 Å². The van der Waals surface area contributed by atoms with E-state index in [4.69, 9.17) is 19.4 Å². The molecule has 0 radical (unpaired) electrons. The van der Waals surface area contributed by atoms with Crippen molar-refractivity contribution in [3.05, 3.63) is 59.9 Å². The van der Waals surface area contributed by atoms with Gasteiger partial charge in [0.1, 0.15) is 16.6 Å². The third-order valence-corrected chi connectivity index (χ3v) is 5.66. The topological polar surface area (TPSA) is 47.5 Å². The second kappa shape index (κ2) is 8.69. The molecule has 5 nitrogen and oxygen atoms in total. The highest BCUT2D eigenvalue weighted by molar-refractivity contribution is 7.98. The van der Waals surface area contributed by atoms with Gasteiger partial charge in [-0.25, -0.2) is 9.97 Å². The first-order valence-corrected chi connectivity index (χ1v) is 10.1. The zero-order valence-electron chi connectivity index (χ0n) is 15.4. The Hall–Kier alpha value is -2.15. The molecule has 1 aromatic heterocycles. The summed E-state index contributed by atoms with van der Waals surface area (Å²) in [5.74, 6) is 2.60. The summed E-state index contributed by atoms with van der Waals surface area (Å²) >= 11 is 1.75. The number of fused-ring (bicyclic) bond motifs is 1. The Labute approximate surface area is 163 Å². The SMILES string of the molecule is COc1cccc(CSc2nc(CN3CCOCC3)nc3ccccc23)c1. The van der Waals surface area contributed by atoms with Crippen molar-refractivity contribution in [3.63, 3.8) is 0 Å². The van der Waals surface area contributed by atoms with E-state index in [2.05, 4.69) is 29.2 Å². The predicted octanol–water partition coefficient (Wildman–Crippen LogP) is 3.76. The minimum absolute atomic E-state index is 0.765. The minimum atomic E-state index is 0.765.